The van der Waals surface area contributed by atoms with E-state index in [0.29, 0.717) is 57.8 Å². The van der Waals surface area contributed by atoms with Crippen molar-refractivity contribution >= 4 is 23.8 Å². The van der Waals surface area contributed by atoms with Gasteiger partial charge < -0.3 is 34.0 Å². The zero-order chi connectivity index (χ0) is 30.2. The predicted octanol–water partition coefficient (Wildman–Crippen LogP) is 4.10. The highest BCUT2D eigenvalue weighted by Gasteiger charge is 2.29. The first-order chi connectivity index (χ1) is 20.1. The van der Waals surface area contributed by atoms with Gasteiger partial charge in [-0.1, -0.05) is 26.0 Å². The van der Waals surface area contributed by atoms with E-state index in [9.17, 15) is 19.1 Å². The first kappa shape index (κ1) is 32.0. The Balaban J connectivity index is 1.56. The zero-order valence-corrected chi connectivity index (χ0v) is 25.3. The van der Waals surface area contributed by atoms with E-state index in [4.69, 9.17) is 14.2 Å². The van der Waals surface area contributed by atoms with Crippen LogP contribution in [0.5, 0.6) is 0 Å². The Morgan fingerprint density at radius 1 is 1.05 bits per heavy atom. The molecule has 1 unspecified atom stereocenters. The van der Waals surface area contributed by atoms with E-state index < -0.39 is 24.3 Å². The van der Waals surface area contributed by atoms with Gasteiger partial charge in [-0.2, -0.15) is 0 Å². The second-order valence-corrected chi connectivity index (χ2v) is 11.9. The first-order valence-electron chi connectivity index (χ1n) is 15.1. The van der Waals surface area contributed by atoms with Gasteiger partial charge >= 0.3 is 12.1 Å². The van der Waals surface area contributed by atoms with Crippen molar-refractivity contribution in [3.05, 3.63) is 47.3 Å². The minimum absolute atomic E-state index is 0.0593. The summed E-state index contributed by atoms with van der Waals surface area (Å²) in [5, 5.41) is 10.6. The van der Waals surface area contributed by atoms with Crippen molar-refractivity contribution < 1.29 is 33.3 Å². The third-order valence-corrected chi connectivity index (χ3v) is 8.38. The predicted molar refractivity (Wildman–Crippen MR) is 160 cm³/mol. The van der Waals surface area contributed by atoms with Crippen LogP contribution in [0.15, 0.2) is 35.9 Å². The van der Waals surface area contributed by atoms with E-state index in [-0.39, 0.29) is 30.2 Å². The van der Waals surface area contributed by atoms with Crippen LogP contribution in [0.25, 0.3) is 6.08 Å². The highest BCUT2D eigenvalue weighted by Crippen LogP contribution is 2.27. The van der Waals surface area contributed by atoms with Crippen molar-refractivity contribution in [3.8, 4) is 0 Å². The van der Waals surface area contributed by atoms with E-state index in [0.717, 1.165) is 24.4 Å². The molecule has 0 bridgehead atoms. The van der Waals surface area contributed by atoms with Crippen LogP contribution in [0.4, 0.5) is 14.9 Å². The van der Waals surface area contributed by atoms with Gasteiger partial charge in [0.2, 0.25) is 0 Å². The molecule has 4 rings (SSSR count). The summed E-state index contributed by atoms with van der Waals surface area (Å²) in [6, 6.07) is 4.91. The number of carbonyl (C=O) groups excluding carboxylic acids is 2. The molecule has 0 spiro atoms. The number of hydrogen-bond acceptors (Lipinski definition) is 8. The molecule has 0 aromatic heterocycles. The fourth-order valence-electron chi connectivity index (χ4n) is 5.66. The summed E-state index contributed by atoms with van der Waals surface area (Å²) < 4.78 is 32.0. The van der Waals surface area contributed by atoms with Gasteiger partial charge in [0.25, 0.3) is 0 Å². The van der Waals surface area contributed by atoms with Gasteiger partial charge in [-0.15, -0.1) is 0 Å². The number of hydrogen-bond donors (Lipinski definition) is 1. The average molecular weight is 588 g/mol. The number of benzene rings is 1. The number of aliphatic hydroxyl groups is 1. The molecule has 1 amide bonds. The normalized spacial score (nSPS) is 29.7. The summed E-state index contributed by atoms with van der Waals surface area (Å²) in [6.07, 6.45) is 4.14. The number of cyclic esters (lactones) is 1. The molecule has 0 radical (unpaired) electrons. The number of morpholine rings is 1. The molecule has 5 atom stereocenters. The van der Waals surface area contributed by atoms with Crippen LogP contribution in [-0.2, 0) is 19.0 Å². The lowest BCUT2D eigenvalue weighted by Crippen LogP contribution is -2.48. The number of esters is 1. The average Bonchev–Trinajstić information content (AvgIpc) is 2.96. The van der Waals surface area contributed by atoms with Crippen molar-refractivity contribution in [3.63, 3.8) is 0 Å². The Morgan fingerprint density at radius 2 is 1.76 bits per heavy atom. The molecule has 10 heteroatoms. The Hall–Kier alpha value is -2.95. The van der Waals surface area contributed by atoms with Crippen LogP contribution < -0.4 is 4.90 Å². The summed E-state index contributed by atoms with van der Waals surface area (Å²) in [6.45, 7) is 11.2. The van der Waals surface area contributed by atoms with Gasteiger partial charge in [-0.3, -0.25) is 4.79 Å². The number of piperazine rings is 1. The number of carbonyl (C=O) groups is 2. The van der Waals surface area contributed by atoms with Gasteiger partial charge in [0.05, 0.1) is 25.7 Å². The Labute approximate surface area is 248 Å². The minimum Gasteiger partial charge on any atom is -0.457 e. The lowest BCUT2D eigenvalue weighted by Gasteiger charge is -2.33. The molecule has 3 heterocycles. The number of rotatable bonds is 4. The van der Waals surface area contributed by atoms with Crippen LogP contribution >= 0.6 is 0 Å². The molecular weight excluding hydrogens is 541 g/mol. The molecule has 2 fully saturated rings. The molecule has 3 aliphatic heterocycles. The number of halogens is 1. The van der Waals surface area contributed by atoms with Gasteiger partial charge in [0, 0.05) is 50.9 Å². The smallest absolute Gasteiger partial charge is 0.410 e. The van der Waals surface area contributed by atoms with E-state index in [1.807, 2.05) is 52.1 Å². The minimum atomic E-state index is -0.864. The molecule has 232 valence electrons. The maximum Gasteiger partial charge on any atom is 0.410 e. The monoisotopic (exact) mass is 587 g/mol. The summed E-state index contributed by atoms with van der Waals surface area (Å²) >= 11 is 0. The second kappa shape index (κ2) is 15.0. The molecule has 9 nitrogen and oxygen atoms in total. The topological polar surface area (TPSA) is 91.8 Å². The fourth-order valence-corrected chi connectivity index (χ4v) is 5.66. The molecule has 0 saturated carbocycles. The standard InChI is InChI=1S/C32H46FN3O6/c1-22-5-7-28(37)21-30(38)42-31(23(2)6-8-29(22)41-32(39)36-11-9-34(4)10-12-36)24(3)17-25-18-26(33)20-27(19-25)35-13-15-40-16-14-35/h6,8,17-20,22-23,28-29,31,37H,5,7,9-16,21H2,1-4H3/b8-6+,24-17+/t22-,23-,28?,29-,31-/m0/s1. The molecule has 1 N–H and O–H groups in total. The van der Waals surface area contributed by atoms with E-state index in [1.165, 1.54) is 12.1 Å². The number of amides is 1. The van der Waals surface area contributed by atoms with E-state index in [2.05, 4.69) is 9.80 Å². The summed E-state index contributed by atoms with van der Waals surface area (Å²) in [5.41, 5.74) is 2.19. The number of ether oxygens (including phenoxy) is 3. The SMILES string of the molecule is C/C(=C\c1cc(F)cc(N2CCOCC2)c1)[C@H]1OC(=O)CC(O)CC[C@H](C)[C@@H](OC(=O)N2CCN(C)CC2)/C=C/[C@@H]1C. The van der Waals surface area contributed by atoms with E-state index in [1.54, 1.807) is 4.90 Å². The number of anilines is 1. The van der Waals surface area contributed by atoms with Crippen molar-refractivity contribution in [2.75, 3.05) is 64.4 Å². The maximum atomic E-state index is 14.6. The third kappa shape index (κ3) is 9.02. The fraction of sp³-hybridized carbons (Fsp3) is 0.625. The molecule has 0 aliphatic carbocycles. The quantitative estimate of drug-likeness (QED) is 0.416. The highest BCUT2D eigenvalue weighted by molar-refractivity contribution is 5.71. The van der Waals surface area contributed by atoms with Crippen LogP contribution in [0, 0.1) is 17.7 Å². The lowest BCUT2D eigenvalue weighted by molar-refractivity contribution is -0.151. The zero-order valence-electron chi connectivity index (χ0n) is 25.3. The molecule has 1 aromatic rings. The summed E-state index contributed by atoms with van der Waals surface area (Å²) in [7, 11) is 2.03. The van der Waals surface area contributed by atoms with Crippen LogP contribution in [-0.4, -0.2) is 105 Å². The molecule has 1 aromatic carbocycles. The maximum absolute atomic E-state index is 14.6. The van der Waals surface area contributed by atoms with Crippen molar-refractivity contribution in [1.29, 1.82) is 0 Å². The van der Waals surface area contributed by atoms with E-state index >= 15 is 0 Å². The molecular formula is C32H46FN3O6. The van der Waals surface area contributed by atoms with Gasteiger partial charge in [0.1, 0.15) is 18.0 Å². The van der Waals surface area contributed by atoms with Crippen molar-refractivity contribution in [1.82, 2.24) is 9.80 Å². The number of nitrogens with zero attached hydrogens (tertiary/aromatic N) is 3. The number of aliphatic hydroxyl groups excluding tert-OH is 1. The van der Waals surface area contributed by atoms with Crippen LogP contribution in [0.1, 0.15) is 45.6 Å². The largest absolute Gasteiger partial charge is 0.457 e. The van der Waals surface area contributed by atoms with Gasteiger partial charge in [-0.05, 0) is 68.1 Å². The van der Waals surface area contributed by atoms with Crippen LogP contribution in [0.2, 0.25) is 0 Å². The number of likely N-dealkylation sites (N-methyl/N-ethyl adjacent to an activating group) is 1. The van der Waals surface area contributed by atoms with Crippen molar-refractivity contribution in [2.45, 2.75) is 58.3 Å². The third-order valence-electron chi connectivity index (χ3n) is 8.38. The van der Waals surface area contributed by atoms with Gasteiger partial charge in [0.15, 0.2) is 0 Å². The van der Waals surface area contributed by atoms with Gasteiger partial charge in [-0.25, -0.2) is 9.18 Å². The summed E-state index contributed by atoms with van der Waals surface area (Å²) in [4.78, 5) is 31.8. The second-order valence-electron chi connectivity index (χ2n) is 11.9. The Kier molecular flexibility index (Phi) is 11.4. The molecule has 3 aliphatic rings. The highest BCUT2D eigenvalue weighted by atomic mass is 19.1. The molecule has 42 heavy (non-hydrogen) atoms. The van der Waals surface area contributed by atoms with Crippen LogP contribution in [0.3, 0.4) is 0 Å². The Bertz CT molecular complexity index is 1130. The summed E-state index contributed by atoms with van der Waals surface area (Å²) in [5.74, 6) is -1.16. The molecule has 2 saturated heterocycles. The lowest BCUT2D eigenvalue weighted by atomic mass is 9.91. The first-order valence-corrected chi connectivity index (χ1v) is 15.1. The Morgan fingerprint density at radius 3 is 2.48 bits per heavy atom. The van der Waals surface area contributed by atoms with Crippen molar-refractivity contribution in [2.24, 2.45) is 11.8 Å².